The molecule has 0 bridgehead atoms. The summed E-state index contributed by atoms with van der Waals surface area (Å²) in [5.74, 6) is 3.62. The minimum absolute atomic E-state index is 0.108. The van der Waals surface area contributed by atoms with Gasteiger partial charge in [-0.25, -0.2) is 0 Å². The Morgan fingerprint density at radius 1 is 1.05 bits per heavy atom. The lowest BCUT2D eigenvalue weighted by Crippen LogP contribution is -2.41. The number of carbonyl (C=O) groups is 1. The van der Waals surface area contributed by atoms with E-state index in [1.165, 1.54) is 56.1 Å². The molecule has 0 amide bonds. The average molecular weight is 564 g/mol. The number of halogens is 1. The van der Waals surface area contributed by atoms with Crippen LogP contribution in [0.25, 0.3) is 0 Å². The zero-order valence-corrected chi connectivity index (χ0v) is 26.0. The maximum absolute atomic E-state index is 12.1. The number of anilines is 1. The van der Waals surface area contributed by atoms with Crippen molar-refractivity contribution in [2.45, 2.75) is 103 Å². The van der Waals surface area contributed by atoms with Gasteiger partial charge >= 0.3 is 0 Å². The normalized spacial score (nSPS) is 26.3. The lowest BCUT2D eigenvalue weighted by Gasteiger charge is -2.36. The second-order valence-corrected chi connectivity index (χ2v) is 13.0. The quantitative estimate of drug-likeness (QED) is 0.221. The monoisotopic (exact) mass is 563 g/mol. The summed E-state index contributed by atoms with van der Waals surface area (Å²) in [6.07, 6.45) is 18.7. The van der Waals surface area contributed by atoms with Gasteiger partial charge in [0.2, 0.25) is 0 Å². The van der Waals surface area contributed by atoms with Crippen LogP contribution in [0.4, 0.5) is 5.69 Å². The van der Waals surface area contributed by atoms with Crippen LogP contribution in [0.1, 0.15) is 108 Å². The molecule has 1 spiro atoms. The molecule has 1 aromatic carbocycles. The van der Waals surface area contributed by atoms with Crippen LogP contribution in [0.15, 0.2) is 58.2 Å². The second-order valence-electron chi connectivity index (χ2n) is 12.5. The Hall–Kier alpha value is -2.17. The number of fused-ring (bicyclic) bond motifs is 2. The van der Waals surface area contributed by atoms with E-state index in [1.54, 1.807) is 0 Å². The zero-order valence-electron chi connectivity index (χ0n) is 25.3. The maximum Gasteiger partial charge on any atom is 0.153 e. The summed E-state index contributed by atoms with van der Waals surface area (Å²) in [7, 11) is 1.88. The average Bonchev–Trinajstić information content (AvgIpc) is 3.23. The minimum atomic E-state index is -0.108. The molecule has 2 aliphatic heterocycles. The number of allylic oxidation sites excluding steroid dienone is 4. The van der Waals surface area contributed by atoms with Gasteiger partial charge in [-0.15, -0.1) is 0 Å². The maximum atomic E-state index is 12.1. The van der Waals surface area contributed by atoms with Gasteiger partial charge < -0.3 is 5.32 Å². The number of rotatable bonds is 5. The van der Waals surface area contributed by atoms with Gasteiger partial charge in [0.25, 0.3) is 0 Å². The fourth-order valence-electron chi connectivity index (χ4n) is 7.33. The van der Waals surface area contributed by atoms with Crippen molar-refractivity contribution in [1.29, 1.82) is 0 Å². The Morgan fingerprint density at radius 3 is 2.20 bits per heavy atom. The van der Waals surface area contributed by atoms with E-state index in [0.29, 0.717) is 11.5 Å². The van der Waals surface area contributed by atoms with Gasteiger partial charge in [-0.3, -0.25) is 14.7 Å². The van der Waals surface area contributed by atoms with Crippen molar-refractivity contribution >= 4 is 29.4 Å². The van der Waals surface area contributed by atoms with Crippen LogP contribution in [-0.2, 0) is 10.2 Å². The molecular formula is C35H50ClN3O. The van der Waals surface area contributed by atoms with Gasteiger partial charge in [0.15, 0.2) is 6.29 Å². The van der Waals surface area contributed by atoms with Crippen LogP contribution in [0.3, 0.4) is 0 Å². The summed E-state index contributed by atoms with van der Waals surface area (Å²) >= 11 is 6.31. The molecule has 5 rings (SSSR count). The number of hydrogen-bond donors (Lipinski definition) is 1. The molecule has 0 atom stereocenters. The molecule has 1 aromatic rings. The first kappa shape index (κ1) is 30.8. The standard InChI is InChI=1S/C27H34ClN3O.C8H16/c1-4-8-24(22(18-32)19(2)28)31-25-17-21(20-11-15-30-16-12-20)9-10-23(25)27(26(31)29-3)13-6-5-7-14-27;1-7-3-5-8(2)6-4-7/h4,8-10,17-18,20,30H,2,5-7,11-16H2,1,3H3;7-8H,3-6H2,1-2H3/b8-4-,24-22+,29-26?;. The number of aldehydes is 1. The first-order chi connectivity index (χ1) is 19.4. The number of aliphatic imine (C=N–C) groups is 1. The first-order valence-electron chi connectivity index (χ1n) is 15.7. The molecule has 0 aromatic heterocycles. The Labute approximate surface area is 248 Å². The summed E-state index contributed by atoms with van der Waals surface area (Å²) in [5, 5.41) is 3.72. The second kappa shape index (κ2) is 14.1. The van der Waals surface area contributed by atoms with E-state index in [2.05, 4.69) is 48.8 Å². The van der Waals surface area contributed by atoms with Crippen molar-refractivity contribution in [2.75, 3.05) is 25.0 Å². The number of nitrogens with one attached hydrogen (secondary N) is 1. The molecule has 40 heavy (non-hydrogen) atoms. The van der Waals surface area contributed by atoms with Crippen LogP contribution in [0.5, 0.6) is 0 Å². The highest BCUT2D eigenvalue weighted by molar-refractivity contribution is 6.34. The van der Waals surface area contributed by atoms with E-state index < -0.39 is 0 Å². The summed E-state index contributed by atoms with van der Waals surface area (Å²) in [5.41, 5.74) is 4.92. The van der Waals surface area contributed by atoms with Crippen LogP contribution in [-0.4, -0.2) is 32.3 Å². The zero-order chi connectivity index (χ0) is 28.7. The van der Waals surface area contributed by atoms with Gasteiger partial charge in [0.05, 0.1) is 22.4 Å². The molecule has 1 saturated heterocycles. The fraction of sp³-hybridized carbons (Fsp3) is 0.600. The highest BCUT2D eigenvalue weighted by Gasteiger charge is 2.50. The van der Waals surface area contributed by atoms with Crippen molar-refractivity contribution in [3.05, 3.63) is 64.4 Å². The van der Waals surface area contributed by atoms with Crippen LogP contribution >= 0.6 is 11.6 Å². The molecule has 3 fully saturated rings. The predicted octanol–water partition coefficient (Wildman–Crippen LogP) is 8.82. The molecular weight excluding hydrogens is 514 g/mol. The highest BCUT2D eigenvalue weighted by atomic mass is 35.5. The topological polar surface area (TPSA) is 44.7 Å². The number of piperidine rings is 1. The van der Waals surface area contributed by atoms with Gasteiger partial charge in [0, 0.05) is 12.1 Å². The van der Waals surface area contributed by atoms with E-state index in [1.807, 2.05) is 26.1 Å². The molecule has 2 saturated carbocycles. The van der Waals surface area contributed by atoms with Crippen molar-refractivity contribution in [1.82, 2.24) is 5.32 Å². The third-order valence-corrected chi connectivity index (χ3v) is 9.91. The summed E-state index contributed by atoms with van der Waals surface area (Å²) in [6, 6.07) is 7.03. The third-order valence-electron chi connectivity index (χ3n) is 9.70. The van der Waals surface area contributed by atoms with E-state index in [-0.39, 0.29) is 10.4 Å². The predicted molar refractivity (Wildman–Crippen MR) is 172 cm³/mol. The smallest absolute Gasteiger partial charge is 0.153 e. The Balaban J connectivity index is 0.000000398. The van der Waals surface area contributed by atoms with Crippen molar-refractivity contribution < 1.29 is 4.79 Å². The van der Waals surface area contributed by atoms with E-state index in [9.17, 15) is 4.79 Å². The fourth-order valence-corrected chi connectivity index (χ4v) is 7.48. The number of hydrogen-bond acceptors (Lipinski definition) is 3. The van der Waals surface area contributed by atoms with Crippen molar-refractivity contribution in [3.8, 4) is 0 Å². The lowest BCUT2D eigenvalue weighted by molar-refractivity contribution is -0.104. The van der Waals surface area contributed by atoms with E-state index in [4.69, 9.17) is 16.6 Å². The number of amidine groups is 1. The number of carbonyl (C=O) groups excluding carboxylic acids is 1. The Bertz CT molecular complexity index is 1120. The van der Waals surface area contributed by atoms with Crippen molar-refractivity contribution in [3.63, 3.8) is 0 Å². The number of benzene rings is 1. The summed E-state index contributed by atoms with van der Waals surface area (Å²) in [6.45, 7) is 12.7. The van der Waals surface area contributed by atoms with Gasteiger partial charge in [0.1, 0.15) is 5.84 Å². The number of nitrogens with zero attached hydrogens (tertiary/aromatic N) is 2. The van der Waals surface area contributed by atoms with Crippen LogP contribution in [0, 0.1) is 11.8 Å². The van der Waals surface area contributed by atoms with Crippen molar-refractivity contribution in [2.24, 2.45) is 16.8 Å². The van der Waals surface area contributed by atoms with Gasteiger partial charge in [-0.1, -0.05) is 95.2 Å². The molecule has 2 heterocycles. The van der Waals surface area contributed by atoms with Gasteiger partial charge in [-0.2, -0.15) is 0 Å². The molecule has 218 valence electrons. The van der Waals surface area contributed by atoms with E-state index in [0.717, 1.165) is 74.1 Å². The van der Waals surface area contributed by atoms with E-state index >= 15 is 0 Å². The SMILES string of the molecule is C=C(Cl)/C(C=O)=C(\C=C/C)N1C(=NC)C2(CCCCC2)c2ccc(C3CCNCC3)cc21.CC1CCC(C)CC1. The molecule has 0 radical (unpaired) electrons. The molecule has 5 heteroatoms. The van der Waals surface area contributed by atoms with Gasteiger partial charge in [-0.05, 0) is 86.7 Å². The Morgan fingerprint density at radius 2 is 1.68 bits per heavy atom. The lowest BCUT2D eigenvalue weighted by atomic mass is 9.69. The highest BCUT2D eigenvalue weighted by Crippen LogP contribution is 2.53. The first-order valence-corrected chi connectivity index (χ1v) is 16.0. The summed E-state index contributed by atoms with van der Waals surface area (Å²) in [4.78, 5) is 19.2. The molecule has 4 aliphatic rings. The third kappa shape index (κ3) is 6.49. The molecule has 4 nitrogen and oxygen atoms in total. The van der Waals surface area contributed by atoms with Crippen LogP contribution in [0.2, 0.25) is 0 Å². The molecule has 2 aliphatic carbocycles. The Kier molecular flexibility index (Phi) is 10.9. The largest absolute Gasteiger partial charge is 0.317 e. The van der Waals surface area contributed by atoms with Crippen LogP contribution < -0.4 is 10.2 Å². The minimum Gasteiger partial charge on any atom is -0.317 e. The molecule has 1 N–H and O–H groups in total. The molecule has 0 unspecified atom stereocenters. The summed E-state index contributed by atoms with van der Waals surface area (Å²) < 4.78 is 0.